The van der Waals surface area contributed by atoms with E-state index >= 15 is 0 Å². The van der Waals surface area contributed by atoms with E-state index in [2.05, 4.69) is 15.6 Å². The van der Waals surface area contributed by atoms with E-state index in [4.69, 9.17) is 0 Å². The number of fused-ring (bicyclic) bond motifs is 2. The summed E-state index contributed by atoms with van der Waals surface area (Å²) in [5.74, 6) is -1.37. The molecule has 1 atom stereocenters. The minimum atomic E-state index is -0.682. The zero-order valence-electron chi connectivity index (χ0n) is 16.7. The van der Waals surface area contributed by atoms with Gasteiger partial charge in [0, 0.05) is 42.7 Å². The Morgan fingerprint density at radius 1 is 1.19 bits per heavy atom. The zero-order valence-corrected chi connectivity index (χ0v) is 16.7. The minimum absolute atomic E-state index is 0.198. The molecular formula is C22H19N5O4. The van der Waals surface area contributed by atoms with Crippen LogP contribution in [0.2, 0.25) is 0 Å². The van der Waals surface area contributed by atoms with Crippen LogP contribution in [0.1, 0.15) is 39.1 Å². The molecule has 2 aliphatic rings. The van der Waals surface area contributed by atoms with Gasteiger partial charge in [-0.15, -0.1) is 0 Å². The van der Waals surface area contributed by atoms with Crippen molar-refractivity contribution in [2.24, 2.45) is 7.05 Å². The van der Waals surface area contributed by atoms with Crippen LogP contribution in [0.15, 0.2) is 42.7 Å². The van der Waals surface area contributed by atoms with Gasteiger partial charge < -0.3 is 14.8 Å². The molecule has 1 fully saturated rings. The van der Waals surface area contributed by atoms with Crippen molar-refractivity contribution < 1.29 is 19.2 Å². The number of nitrogens with one attached hydrogen (secondary N) is 2. The van der Waals surface area contributed by atoms with Gasteiger partial charge >= 0.3 is 0 Å². The number of amides is 4. The lowest BCUT2D eigenvalue weighted by molar-refractivity contribution is -0.136. The van der Waals surface area contributed by atoms with Crippen molar-refractivity contribution in [3.63, 3.8) is 0 Å². The average molecular weight is 417 g/mol. The second-order valence-electron chi connectivity index (χ2n) is 7.79. The highest BCUT2D eigenvalue weighted by Gasteiger charge is 2.39. The number of piperidine rings is 1. The van der Waals surface area contributed by atoms with Crippen LogP contribution in [0.5, 0.6) is 0 Å². The molecule has 4 heterocycles. The topological polar surface area (TPSA) is 113 Å². The van der Waals surface area contributed by atoms with Crippen molar-refractivity contribution in [2.75, 3.05) is 5.32 Å². The summed E-state index contributed by atoms with van der Waals surface area (Å²) in [5.41, 5.74) is 2.95. The van der Waals surface area contributed by atoms with Crippen molar-refractivity contribution in [2.45, 2.75) is 25.4 Å². The van der Waals surface area contributed by atoms with Gasteiger partial charge in [-0.3, -0.25) is 24.5 Å². The molecule has 1 unspecified atom stereocenters. The number of pyridine rings is 1. The Balaban J connectivity index is 1.35. The molecule has 0 saturated carbocycles. The Kier molecular flexibility index (Phi) is 4.32. The number of benzene rings is 1. The monoisotopic (exact) mass is 417 g/mol. The number of anilines is 1. The summed E-state index contributed by atoms with van der Waals surface area (Å²) < 4.78 is 1.90. The number of hydrogen-bond donors (Lipinski definition) is 2. The van der Waals surface area contributed by atoms with Gasteiger partial charge in [-0.05, 0) is 42.3 Å². The number of aryl methyl sites for hydroxylation is 1. The molecule has 2 N–H and O–H groups in total. The van der Waals surface area contributed by atoms with Crippen LogP contribution in [0.25, 0.3) is 11.0 Å². The van der Waals surface area contributed by atoms with Crippen molar-refractivity contribution in [1.29, 1.82) is 0 Å². The first kappa shape index (κ1) is 19.0. The lowest BCUT2D eigenvalue weighted by atomic mass is 10.0. The van der Waals surface area contributed by atoms with Crippen molar-refractivity contribution >= 4 is 40.3 Å². The summed E-state index contributed by atoms with van der Waals surface area (Å²) in [6.45, 7) is 0.221. The fraction of sp³-hybridized carbons (Fsp3) is 0.227. The molecule has 2 aliphatic heterocycles. The highest BCUT2D eigenvalue weighted by molar-refractivity contribution is 6.08. The quantitative estimate of drug-likeness (QED) is 0.629. The van der Waals surface area contributed by atoms with Crippen LogP contribution in [-0.2, 0) is 23.2 Å². The summed E-state index contributed by atoms with van der Waals surface area (Å²) in [6.07, 6.45) is 3.99. The maximum atomic E-state index is 12.8. The molecule has 1 saturated heterocycles. The molecule has 0 spiro atoms. The van der Waals surface area contributed by atoms with Crippen molar-refractivity contribution in [3.8, 4) is 0 Å². The number of carbonyl (C=O) groups is 4. The van der Waals surface area contributed by atoms with Crippen LogP contribution in [-0.4, -0.2) is 44.1 Å². The fourth-order valence-electron chi connectivity index (χ4n) is 4.14. The summed E-state index contributed by atoms with van der Waals surface area (Å²) >= 11 is 0. The highest BCUT2D eigenvalue weighted by atomic mass is 16.2. The number of hydrogen-bond acceptors (Lipinski definition) is 5. The Morgan fingerprint density at radius 2 is 2.03 bits per heavy atom. The van der Waals surface area contributed by atoms with Gasteiger partial charge in [0.1, 0.15) is 11.7 Å². The molecule has 5 rings (SSSR count). The molecular weight excluding hydrogens is 398 g/mol. The van der Waals surface area contributed by atoms with E-state index in [1.54, 1.807) is 24.4 Å². The molecule has 0 aliphatic carbocycles. The maximum absolute atomic E-state index is 12.8. The third kappa shape index (κ3) is 3.24. The van der Waals surface area contributed by atoms with Gasteiger partial charge in [-0.2, -0.15) is 0 Å². The van der Waals surface area contributed by atoms with Gasteiger partial charge in [0.2, 0.25) is 11.8 Å². The number of aromatic nitrogens is 2. The van der Waals surface area contributed by atoms with Crippen LogP contribution in [0.4, 0.5) is 5.69 Å². The van der Waals surface area contributed by atoms with E-state index in [1.807, 2.05) is 29.9 Å². The molecule has 9 nitrogen and oxygen atoms in total. The second kappa shape index (κ2) is 7.05. The fourth-order valence-corrected chi connectivity index (χ4v) is 4.14. The SMILES string of the molecule is Cn1ccc2cc(NC(=O)c3ccc4c(c3)CN(C3CCC(=O)NC3=O)C4=O)cnc21. The van der Waals surface area contributed by atoms with E-state index < -0.39 is 11.9 Å². The first-order valence-corrected chi connectivity index (χ1v) is 9.91. The third-order valence-corrected chi connectivity index (χ3v) is 5.75. The lowest BCUT2D eigenvalue weighted by Crippen LogP contribution is -2.52. The highest BCUT2D eigenvalue weighted by Crippen LogP contribution is 2.28. The van der Waals surface area contributed by atoms with Crippen LogP contribution in [0.3, 0.4) is 0 Å². The summed E-state index contributed by atoms with van der Waals surface area (Å²) in [6, 6.07) is 7.96. The molecule has 9 heteroatoms. The maximum Gasteiger partial charge on any atom is 0.255 e. The smallest absolute Gasteiger partial charge is 0.255 e. The van der Waals surface area contributed by atoms with E-state index in [-0.39, 0.29) is 30.7 Å². The molecule has 156 valence electrons. The Bertz CT molecular complexity index is 1280. The van der Waals surface area contributed by atoms with Gasteiger partial charge in [0.05, 0.1) is 11.9 Å². The van der Waals surface area contributed by atoms with Gasteiger partial charge in [-0.1, -0.05) is 0 Å². The summed E-state index contributed by atoms with van der Waals surface area (Å²) in [4.78, 5) is 54.9. The van der Waals surface area contributed by atoms with Gasteiger partial charge in [0.25, 0.3) is 11.8 Å². The normalized spacial score (nSPS) is 18.3. The summed E-state index contributed by atoms with van der Waals surface area (Å²) in [5, 5.41) is 6.04. The molecule has 3 aromatic rings. The first-order chi connectivity index (χ1) is 14.9. The number of rotatable bonds is 3. The largest absolute Gasteiger partial charge is 0.336 e. The first-order valence-electron chi connectivity index (χ1n) is 9.91. The molecule has 31 heavy (non-hydrogen) atoms. The molecule has 1 aromatic carbocycles. The Morgan fingerprint density at radius 3 is 2.84 bits per heavy atom. The van der Waals surface area contributed by atoms with E-state index in [9.17, 15) is 19.2 Å². The lowest BCUT2D eigenvalue weighted by Gasteiger charge is -2.29. The Labute approximate surface area is 177 Å². The van der Waals surface area contributed by atoms with E-state index in [1.165, 1.54) is 4.90 Å². The molecule has 4 amide bonds. The predicted molar refractivity (Wildman–Crippen MR) is 111 cm³/mol. The average Bonchev–Trinajstić information content (AvgIpc) is 3.27. The van der Waals surface area contributed by atoms with Crippen molar-refractivity contribution in [1.82, 2.24) is 19.8 Å². The minimum Gasteiger partial charge on any atom is -0.336 e. The third-order valence-electron chi connectivity index (χ3n) is 5.75. The van der Waals surface area contributed by atoms with E-state index in [0.29, 0.717) is 28.8 Å². The molecule has 0 bridgehead atoms. The van der Waals surface area contributed by atoms with Gasteiger partial charge in [0.15, 0.2) is 0 Å². The van der Waals surface area contributed by atoms with E-state index in [0.717, 1.165) is 11.0 Å². The molecule has 0 radical (unpaired) electrons. The molecule has 2 aromatic heterocycles. The van der Waals surface area contributed by atoms with Crippen LogP contribution < -0.4 is 10.6 Å². The summed E-state index contributed by atoms with van der Waals surface area (Å²) in [7, 11) is 1.90. The zero-order chi connectivity index (χ0) is 21.7. The number of carbonyl (C=O) groups excluding carboxylic acids is 4. The van der Waals surface area contributed by atoms with Crippen LogP contribution >= 0.6 is 0 Å². The number of imide groups is 1. The number of nitrogens with zero attached hydrogens (tertiary/aromatic N) is 3. The standard InChI is InChI=1S/C22H19N5O4/c1-26-7-6-12-9-15(10-23-19(12)26)24-20(29)13-2-3-16-14(8-13)11-27(22(16)31)17-4-5-18(28)25-21(17)30/h2-3,6-10,17H,4-5,11H2,1H3,(H,24,29)(H,25,28,30). The Hall–Kier alpha value is -4.01. The van der Waals surface area contributed by atoms with Crippen LogP contribution in [0, 0.1) is 0 Å². The predicted octanol–water partition coefficient (Wildman–Crippen LogP) is 1.59. The van der Waals surface area contributed by atoms with Gasteiger partial charge in [-0.25, -0.2) is 4.98 Å². The van der Waals surface area contributed by atoms with Crippen molar-refractivity contribution in [3.05, 3.63) is 59.4 Å². The second-order valence-corrected chi connectivity index (χ2v) is 7.79.